The van der Waals surface area contributed by atoms with Gasteiger partial charge in [0.15, 0.2) is 3.92 Å². The molecule has 0 amide bonds. The van der Waals surface area contributed by atoms with Crippen molar-refractivity contribution in [1.29, 1.82) is 0 Å². The Hall–Kier alpha value is -0.740. The van der Waals surface area contributed by atoms with E-state index in [1.165, 1.54) is 4.88 Å². The first-order valence-electron chi connectivity index (χ1n) is 3.81. The first-order chi connectivity index (χ1) is 6.27. The normalized spacial score (nSPS) is 10.3. The SMILES string of the molecule is Cc1sc(Br)nc1-c1ccccn1. The van der Waals surface area contributed by atoms with Crippen LogP contribution in [0.4, 0.5) is 0 Å². The van der Waals surface area contributed by atoms with Gasteiger partial charge in [-0.1, -0.05) is 6.07 Å². The Bertz CT molecular complexity index is 411. The summed E-state index contributed by atoms with van der Waals surface area (Å²) in [6.07, 6.45) is 1.78. The van der Waals surface area contributed by atoms with Gasteiger partial charge in [-0.05, 0) is 35.0 Å². The van der Waals surface area contributed by atoms with Crippen LogP contribution in [0.2, 0.25) is 0 Å². The topological polar surface area (TPSA) is 25.8 Å². The van der Waals surface area contributed by atoms with Crippen LogP contribution in [-0.2, 0) is 0 Å². The molecule has 0 bridgehead atoms. The Labute approximate surface area is 88.8 Å². The second-order valence-electron chi connectivity index (χ2n) is 2.59. The molecule has 0 saturated heterocycles. The number of thiazole rings is 1. The molecular formula is C9H7BrN2S. The van der Waals surface area contributed by atoms with Crippen LogP contribution in [-0.4, -0.2) is 9.97 Å². The van der Waals surface area contributed by atoms with Gasteiger partial charge in [0.25, 0.3) is 0 Å². The van der Waals surface area contributed by atoms with Gasteiger partial charge in [-0.2, -0.15) is 0 Å². The molecule has 0 atom stereocenters. The van der Waals surface area contributed by atoms with Crippen LogP contribution in [0.5, 0.6) is 0 Å². The van der Waals surface area contributed by atoms with Gasteiger partial charge in [0.05, 0.1) is 5.69 Å². The van der Waals surface area contributed by atoms with Gasteiger partial charge in [-0.3, -0.25) is 4.98 Å². The molecule has 2 aromatic rings. The molecule has 0 aliphatic carbocycles. The second-order valence-corrected chi connectivity index (χ2v) is 5.07. The summed E-state index contributed by atoms with van der Waals surface area (Å²) in [6, 6.07) is 5.84. The molecular weight excluding hydrogens is 248 g/mol. The monoisotopic (exact) mass is 254 g/mol. The van der Waals surface area contributed by atoms with E-state index in [0.29, 0.717) is 0 Å². The van der Waals surface area contributed by atoms with Crippen LogP contribution in [0.25, 0.3) is 11.4 Å². The predicted octanol–water partition coefficient (Wildman–Crippen LogP) is 3.28. The van der Waals surface area contributed by atoms with Crippen LogP contribution < -0.4 is 0 Å². The molecule has 0 aromatic carbocycles. The quantitative estimate of drug-likeness (QED) is 0.781. The fraction of sp³-hybridized carbons (Fsp3) is 0.111. The predicted molar refractivity (Wildman–Crippen MR) is 57.8 cm³/mol. The number of hydrogen-bond acceptors (Lipinski definition) is 3. The number of aromatic nitrogens is 2. The molecule has 2 nitrogen and oxygen atoms in total. The molecule has 0 radical (unpaired) electrons. The average Bonchev–Trinajstić information content (AvgIpc) is 2.47. The van der Waals surface area contributed by atoms with Crippen LogP contribution in [0.15, 0.2) is 28.3 Å². The maximum atomic E-state index is 4.35. The molecule has 0 aliphatic heterocycles. The number of aryl methyl sites for hydroxylation is 1. The molecule has 13 heavy (non-hydrogen) atoms. The summed E-state index contributed by atoms with van der Waals surface area (Å²) in [5.41, 5.74) is 1.90. The van der Waals surface area contributed by atoms with E-state index in [9.17, 15) is 0 Å². The Morgan fingerprint density at radius 3 is 2.77 bits per heavy atom. The number of halogens is 1. The minimum Gasteiger partial charge on any atom is -0.255 e. The van der Waals surface area contributed by atoms with Crippen molar-refractivity contribution >= 4 is 27.3 Å². The number of hydrogen-bond donors (Lipinski definition) is 0. The van der Waals surface area contributed by atoms with E-state index in [0.717, 1.165) is 15.3 Å². The zero-order valence-electron chi connectivity index (χ0n) is 6.99. The van der Waals surface area contributed by atoms with Crippen molar-refractivity contribution in [3.8, 4) is 11.4 Å². The Kier molecular flexibility index (Phi) is 2.42. The lowest BCUT2D eigenvalue weighted by atomic mass is 10.2. The lowest BCUT2D eigenvalue weighted by Gasteiger charge is -1.94. The maximum Gasteiger partial charge on any atom is 0.160 e. The number of nitrogens with zero attached hydrogens (tertiary/aromatic N) is 2. The third-order valence-electron chi connectivity index (χ3n) is 1.68. The van der Waals surface area contributed by atoms with Crippen LogP contribution in [0.3, 0.4) is 0 Å². The van der Waals surface area contributed by atoms with E-state index in [-0.39, 0.29) is 0 Å². The van der Waals surface area contributed by atoms with Crippen molar-refractivity contribution in [3.63, 3.8) is 0 Å². The largest absolute Gasteiger partial charge is 0.255 e. The van der Waals surface area contributed by atoms with Gasteiger partial charge in [0.1, 0.15) is 5.69 Å². The third-order valence-corrected chi connectivity index (χ3v) is 3.10. The van der Waals surface area contributed by atoms with Crippen LogP contribution in [0.1, 0.15) is 4.88 Å². The van der Waals surface area contributed by atoms with Crippen molar-refractivity contribution in [2.24, 2.45) is 0 Å². The molecule has 4 heteroatoms. The first kappa shape index (κ1) is 8.84. The number of pyridine rings is 1. The molecule has 0 aliphatic rings. The summed E-state index contributed by atoms with van der Waals surface area (Å²) in [5, 5.41) is 0. The Morgan fingerprint density at radius 1 is 1.38 bits per heavy atom. The summed E-state index contributed by atoms with van der Waals surface area (Å²) in [6.45, 7) is 2.05. The highest BCUT2D eigenvalue weighted by Gasteiger charge is 2.07. The summed E-state index contributed by atoms with van der Waals surface area (Å²) in [7, 11) is 0. The van der Waals surface area contributed by atoms with Gasteiger partial charge in [-0.25, -0.2) is 4.98 Å². The van der Waals surface area contributed by atoms with Crippen LogP contribution in [0, 0.1) is 6.92 Å². The summed E-state index contributed by atoms with van der Waals surface area (Å²) in [4.78, 5) is 9.79. The van der Waals surface area contributed by atoms with Gasteiger partial charge in [0.2, 0.25) is 0 Å². The van der Waals surface area contributed by atoms with Crippen molar-refractivity contribution in [2.75, 3.05) is 0 Å². The minimum absolute atomic E-state index is 0.908. The van der Waals surface area contributed by atoms with Gasteiger partial charge < -0.3 is 0 Å². The van der Waals surface area contributed by atoms with E-state index >= 15 is 0 Å². The zero-order valence-corrected chi connectivity index (χ0v) is 9.39. The molecule has 2 aromatic heterocycles. The third kappa shape index (κ3) is 1.78. The lowest BCUT2D eigenvalue weighted by Crippen LogP contribution is -1.83. The van der Waals surface area contributed by atoms with Crippen molar-refractivity contribution < 1.29 is 0 Å². The molecule has 0 unspecified atom stereocenters. The molecule has 66 valence electrons. The average molecular weight is 255 g/mol. The Morgan fingerprint density at radius 2 is 2.23 bits per heavy atom. The van der Waals surface area contributed by atoms with E-state index in [1.807, 2.05) is 25.1 Å². The molecule has 0 N–H and O–H groups in total. The van der Waals surface area contributed by atoms with Crippen molar-refractivity contribution in [3.05, 3.63) is 33.2 Å². The molecule has 0 fully saturated rings. The zero-order chi connectivity index (χ0) is 9.26. The van der Waals surface area contributed by atoms with Gasteiger partial charge in [-0.15, -0.1) is 11.3 Å². The highest BCUT2D eigenvalue weighted by molar-refractivity contribution is 9.11. The van der Waals surface area contributed by atoms with Gasteiger partial charge in [0, 0.05) is 11.1 Å². The van der Waals surface area contributed by atoms with Crippen LogP contribution >= 0.6 is 27.3 Å². The lowest BCUT2D eigenvalue weighted by molar-refractivity contribution is 1.25. The van der Waals surface area contributed by atoms with E-state index in [4.69, 9.17) is 0 Å². The summed E-state index contributed by atoms with van der Waals surface area (Å²) >= 11 is 4.99. The highest BCUT2D eigenvalue weighted by atomic mass is 79.9. The Balaban J connectivity index is 2.53. The highest BCUT2D eigenvalue weighted by Crippen LogP contribution is 2.28. The minimum atomic E-state index is 0.908. The molecule has 2 heterocycles. The second kappa shape index (κ2) is 3.55. The molecule has 2 rings (SSSR count). The maximum absolute atomic E-state index is 4.35. The van der Waals surface area contributed by atoms with Gasteiger partial charge >= 0.3 is 0 Å². The standard InChI is InChI=1S/C9H7BrN2S/c1-6-8(12-9(10)13-6)7-4-2-3-5-11-7/h2-5H,1H3. The van der Waals surface area contributed by atoms with Crippen molar-refractivity contribution in [2.45, 2.75) is 6.92 Å². The summed E-state index contributed by atoms with van der Waals surface area (Å²) < 4.78 is 0.908. The molecule has 0 saturated carbocycles. The van der Waals surface area contributed by atoms with Crippen molar-refractivity contribution in [1.82, 2.24) is 9.97 Å². The first-order valence-corrected chi connectivity index (χ1v) is 5.42. The van der Waals surface area contributed by atoms with E-state index < -0.39 is 0 Å². The molecule has 0 spiro atoms. The summed E-state index contributed by atoms with van der Waals surface area (Å²) in [5.74, 6) is 0. The fourth-order valence-electron chi connectivity index (χ4n) is 1.10. The smallest absolute Gasteiger partial charge is 0.160 e. The number of rotatable bonds is 1. The fourth-order valence-corrected chi connectivity index (χ4v) is 2.65. The van der Waals surface area contributed by atoms with E-state index in [1.54, 1.807) is 17.5 Å². The van der Waals surface area contributed by atoms with E-state index in [2.05, 4.69) is 25.9 Å².